The highest BCUT2D eigenvalue weighted by atomic mass is 19.1. The third kappa shape index (κ3) is 3.81. The molecule has 0 N–H and O–H groups in total. The van der Waals surface area contributed by atoms with Crippen LogP contribution in [0.1, 0.15) is 42.5 Å². The second-order valence-corrected chi connectivity index (χ2v) is 7.58. The second-order valence-electron chi connectivity index (χ2n) is 7.58. The SMILES string of the molecule is CC1CN(c2ccc(C#N)nn2)CCN1C(=O)Cc1ccc(C2CC2)c(F)c1. The quantitative estimate of drug-likeness (QED) is 0.817. The summed E-state index contributed by atoms with van der Waals surface area (Å²) >= 11 is 0. The van der Waals surface area contributed by atoms with Gasteiger partial charge in [-0.2, -0.15) is 5.26 Å². The molecule has 1 aromatic heterocycles. The zero-order chi connectivity index (χ0) is 19.7. The predicted octanol–water partition coefficient (Wildman–Crippen LogP) is 2.64. The van der Waals surface area contributed by atoms with Crippen molar-refractivity contribution in [2.75, 3.05) is 24.5 Å². The molecule has 28 heavy (non-hydrogen) atoms. The van der Waals surface area contributed by atoms with E-state index in [1.165, 1.54) is 6.07 Å². The lowest BCUT2D eigenvalue weighted by Crippen LogP contribution is -2.54. The molecule has 0 bridgehead atoms. The molecule has 1 aliphatic carbocycles. The maximum Gasteiger partial charge on any atom is 0.227 e. The highest BCUT2D eigenvalue weighted by Gasteiger charge is 2.29. The number of nitrogens with zero attached hydrogens (tertiary/aromatic N) is 5. The molecular formula is C21H22FN5O. The average Bonchev–Trinajstić information content (AvgIpc) is 3.53. The highest BCUT2D eigenvalue weighted by molar-refractivity contribution is 5.79. The van der Waals surface area contributed by atoms with E-state index in [2.05, 4.69) is 15.1 Å². The lowest BCUT2D eigenvalue weighted by Gasteiger charge is -2.40. The van der Waals surface area contributed by atoms with Crippen molar-refractivity contribution in [2.45, 2.75) is 38.1 Å². The van der Waals surface area contributed by atoms with Gasteiger partial charge in [0.25, 0.3) is 0 Å². The molecule has 1 aromatic carbocycles. The van der Waals surface area contributed by atoms with E-state index in [0.717, 1.165) is 24.0 Å². The van der Waals surface area contributed by atoms with Crippen LogP contribution in [0.3, 0.4) is 0 Å². The van der Waals surface area contributed by atoms with E-state index in [4.69, 9.17) is 5.26 Å². The fourth-order valence-electron chi connectivity index (χ4n) is 3.77. The zero-order valence-electron chi connectivity index (χ0n) is 15.8. The van der Waals surface area contributed by atoms with Crippen molar-refractivity contribution in [2.24, 2.45) is 0 Å². The summed E-state index contributed by atoms with van der Waals surface area (Å²) in [5, 5.41) is 16.8. The molecule has 7 heteroatoms. The molecule has 1 saturated carbocycles. The average molecular weight is 379 g/mol. The van der Waals surface area contributed by atoms with Crippen molar-refractivity contribution in [1.29, 1.82) is 5.26 Å². The molecule has 1 saturated heterocycles. The summed E-state index contributed by atoms with van der Waals surface area (Å²) in [6, 6.07) is 10.6. The van der Waals surface area contributed by atoms with Gasteiger partial charge in [-0.1, -0.05) is 12.1 Å². The van der Waals surface area contributed by atoms with Gasteiger partial charge in [0.1, 0.15) is 11.9 Å². The number of piperazine rings is 1. The van der Waals surface area contributed by atoms with Gasteiger partial charge in [-0.25, -0.2) is 4.39 Å². The van der Waals surface area contributed by atoms with Gasteiger partial charge >= 0.3 is 0 Å². The Morgan fingerprint density at radius 3 is 2.68 bits per heavy atom. The van der Waals surface area contributed by atoms with Crippen LogP contribution in [0.2, 0.25) is 0 Å². The largest absolute Gasteiger partial charge is 0.351 e. The minimum Gasteiger partial charge on any atom is -0.351 e. The molecule has 1 atom stereocenters. The van der Waals surface area contributed by atoms with Gasteiger partial charge in [-0.05, 0) is 55.0 Å². The van der Waals surface area contributed by atoms with E-state index >= 15 is 0 Å². The van der Waals surface area contributed by atoms with Crippen molar-refractivity contribution in [3.8, 4) is 6.07 Å². The van der Waals surface area contributed by atoms with Crippen LogP contribution in [0.15, 0.2) is 30.3 Å². The summed E-state index contributed by atoms with van der Waals surface area (Å²) in [6.07, 6.45) is 2.32. The summed E-state index contributed by atoms with van der Waals surface area (Å²) in [6.45, 7) is 3.86. The molecule has 6 nitrogen and oxygen atoms in total. The number of carbonyl (C=O) groups excluding carboxylic acids is 1. The van der Waals surface area contributed by atoms with Gasteiger partial charge in [0, 0.05) is 25.7 Å². The molecule has 2 heterocycles. The second kappa shape index (κ2) is 7.55. The van der Waals surface area contributed by atoms with Crippen LogP contribution in [-0.2, 0) is 11.2 Å². The Hall–Kier alpha value is -3.01. The van der Waals surface area contributed by atoms with E-state index in [0.29, 0.717) is 31.4 Å². The molecule has 144 valence electrons. The number of halogens is 1. The van der Waals surface area contributed by atoms with Gasteiger partial charge in [0.2, 0.25) is 5.91 Å². The lowest BCUT2D eigenvalue weighted by molar-refractivity contribution is -0.132. The molecule has 1 amide bonds. The van der Waals surface area contributed by atoms with Crippen molar-refractivity contribution >= 4 is 11.7 Å². The smallest absolute Gasteiger partial charge is 0.227 e. The number of hydrogen-bond acceptors (Lipinski definition) is 5. The van der Waals surface area contributed by atoms with Crippen molar-refractivity contribution in [3.63, 3.8) is 0 Å². The van der Waals surface area contributed by atoms with Crippen LogP contribution < -0.4 is 4.90 Å². The van der Waals surface area contributed by atoms with Crippen LogP contribution in [0.5, 0.6) is 0 Å². The Morgan fingerprint density at radius 2 is 2.07 bits per heavy atom. The Balaban J connectivity index is 1.38. The topological polar surface area (TPSA) is 73.1 Å². The Morgan fingerprint density at radius 1 is 1.25 bits per heavy atom. The van der Waals surface area contributed by atoms with Crippen molar-refractivity contribution in [3.05, 3.63) is 53.0 Å². The molecule has 1 aliphatic heterocycles. The van der Waals surface area contributed by atoms with E-state index in [-0.39, 0.29) is 29.9 Å². The number of nitriles is 1. The van der Waals surface area contributed by atoms with Crippen LogP contribution in [0.4, 0.5) is 10.2 Å². The molecule has 0 radical (unpaired) electrons. The van der Waals surface area contributed by atoms with Gasteiger partial charge in [0.15, 0.2) is 11.5 Å². The molecule has 1 unspecified atom stereocenters. The first kappa shape index (κ1) is 18.4. The number of amides is 1. The fraction of sp³-hybridized carbons (Fsp3) is 0.429. The summed E-state index contributed by atoms with van der Waals surface area (Å²) in [5.41, 5.74) is 1.78. The number of rotatable bonds is 4. The van der Waals surface area contributed by atoms with Gasteiger partial charge in [-0.15, -0.1) is 10.2 Å². The van der Waals surface area contributed by atoms with E-state index in [9.17, 15) is 9.18 Å². The first-order valence-electron chi connectivity index (χ1n) is 9.61. The number of benzene rings is 1. The minimum atomic E-state index is -0.190. The maximum atomic E-state index is 14.2. The predicted molar refractivity (Wildman–Crippen MR) is 102 cm³/mol. The fourth-order valence-corrected chi connectivity index (χ4v) is 3.77. The van der Waals surface area contributed by atoms with Crippen molar-refractivity contribution < 1.29 is 9.18 Å². The monoisotopic (exact) mass is 379 g/mol. The summed E-state index contributed by atoms with van der Waals surface area (Å²) in [4.78, 5) is 16.7. The molecule has 2 aliphatic rings. The zero-order valence-corrected chi connectivity index (χ0v) is 15.8. The van der Waals surface area contributed by atoms with Gasteiger partial charge in [0.05, 0.1) is 6.42 Å². The molecule has 2 aromatic rings. The Kier molecular flexibility index (Phi) is 4.95. The molecule has 2 fully saturated rings. The maximum absolute atomic E-state index is 14.2. The summed E-state index contributed by atoms with van der Waals surface area (Å²) < 4.78 is 14.2. The van der Waals surface area contributed by atoms with Crippen LogP contribution >= 0.6 is 0 Å². The van der Waals surface area contributed by atoms with E-state index in [1.54, 1.807) is 12.1 Å². The van der Waals surface area contributed by atoms with Crippen molar-refractivity contribution in [1.82, 2.24) is 15.1 Å². The number of anilines is 1. The van der Waals surface area contributed by atoms with E-state index in [1.807, 2.05) is 30.0 Å². The summed E-state index contributed by atoms with van der Waals surface area (Å²) in [5.74, 6) is 0.889. The minimum absolute atomic E-state index is 0.00859. The highest BCUT2D eigenvalue weighted by Crippen LogP contribution is 2.41. The molecular weight excluding hydrogens is 357 g/mol. The normalized spacial score (nSPS) is 19.4. The molecule has 0 spiro atoms. The number of hydrogen-bond donors (Lipinski definition) is 0. The number of aromatic nitrogens is 2. The Bertz CT molecular complexity index is 919. The van der Waals surface area contributed by atoms with E-state index < -0.39 is 0 Å². The van der Waals surface area contributed by atoms with Crippen LogP contribution in [0, 0.1) is 17.1 Å². The first-order valence-corrected chi connectivity index (χ1v) is 9.61. The Labute approximate surface area is 163 Å². The first-order chi connectivity index (χ1) is 13.5. The standard InChI is InChI=1S/C21H22FN5O/c1-14-13-26(20-7-5-17(12-23)24-25-20)8-9-27(14)21(28)11-15-2-6-18(16-3-4-16)19(22)10-15/h2,5-7,10,14,16H,3-4,8-9,11,13H2,1H3. The lowest BCUT2D eigenvalue weighted by atomic mass is 10.0. The third-order valence-electron chi connectivity index (χ3n) is 5.47. The van der Waals surface area contributed by atoms with Crippen LogP contribution in [-0.4, -0.2) is 46.7 Å². The van der Waals surface area contributed by atoms with Gasteiger partial charge in [-0.3, -0.25) is 4.79 Å². The van der Waals surface area contributed by atoms with Crippen LogP contribution in [0.25, 0.3) is 0 Å². The third-order valence-corrected chi connectivity index (χ3v) is 5.47. The summed E-state index contributed by atoms with van der Waals surface area (Å²) in [7, 11) is 0. The van der Waals surface area contributed by atoms with Gasteiger partial charge < -0.3 is 9.80 Å². The number of carbonyl (C=O) groups is 1. The molecule has 4 rings (SSSR count).